The van der Waals surface area contributed by atoms with Crippen LogP contribution in [-0.2, 0) is 11.3 Å². The topological polar surface area (TPSA) is 122 Å². The normalized spacial score (nSPS) is 11.0. The lowest BCUT2D eigenvalue weighted by molar-refractivity contribution is -0.274. The van der Waals surface area contributed by atoms with Gasteiger partial charge in [0.15, 0.2) is 0 Å². The van der Waals surface area contributed by atoms with E-state index in [-0.39, 0.29) is 36.9 Å². The number of ether oxygens (including phenoxy) is 1. The van der Waals surface area contributed by atoms with E-state index in [2.05, 4.69) is 20.7 Å². The van der Waals surface area contributed by atoms with Crippen molar-refractivity contribution in [1.82, 2.24) is 9.88 Å². The van der Waals surface area contributed by atoms with Crippen LogP contribution in [0.1, 0.15) is 15.9 Å². The van der Waals surface area contributed by atoms with Gasteiger partial charge < -0.3 is 25.8 Å². The molecule has 40 heavy (non-hydrogen) atoms. The summed E-state index contributed by atoms with van der Waals surface area (Å²) in [6.07, 6.45) is -3.42. The molecule has 4 rings (SSSR count). The first kappa shape index (κ1) is 30.3. The quantitative estimate of drug-likeness (QED) is 0.194. The van der Waals surface area contributed by atoms with Gasteiger partial charge in [0.1, 0.15) is 5.75 Å². The Morgan fingerprint density at radius 3 is 2.35 bits per heavy atom. The average molecular weight is 597 g/mol. The molecule has 0 aliphatic heterocycles. The van der Waals surface area contributed by atoms with Gasteiger partial charge in [0.25, 0.3) is 5.91 Å². The number of aliphatic carboxylic acids is 1. The van der Waals surface area contributed by atoms with Crippen molar-refractivity contribution in [3.05, 3.63) is 89.1 Å². The third-order valence-corrected chi connectivity index (χ3v) is 5.65. The molecule has 0 radical (unpaired) electrons. The van der Waals surface area contributed by atoms with E-state index in [0.717, 1.165) is 12.1 Å². The molecule has 0 spiro atoms. The zero-order valence-corrected chi connectivity index (χ0v) is 21.9. The van der Waals surface area contributed by atoms with Crippen LogP contribution in [0.25, 0.3) is 10.9 Å². The number of halogens is 5. The zero-order valence-electron chi connectivity index (χ0n) is 20.3. The first-order valence-corrected chi connectivity index (χ1v) is 11.7. The fourth-order valence-corrected chi connectivity index (χ4v) is 3.98. The molecule has 1 heterocycles. The predicted octanol–water partition coefficient (Wildman–Crippen LogP) is 6.12. The summed E-state index contributed by atoms with van der Waals surface area (Å²) < 4.78 is 42.2. The van der Waals surface area contributed by atoms with Gasteiger partial charge in [-0.3, -0.25) is 14.2 Å². The second kappa shape index (κ2) is 12.7. The molecular weight excluding hydrogens is 576 g/mol. The van der Waals surface area contributed by atoms with Crippen LogP contribution in [-0.4, -0.2) is 40.5 Å². The number of urea groups is 1. The summed E-state index contributed by atoms with van der Waals surface area (Å²) in [5.41, 5.74) is 1.78. The van der Waals surface area contributed by atoms with Gasteiger partial charge in [-0.25, -0.2) is 4.79 Å². The summed E-state index contributed by atoms with van der Waals surface area (Å²) >= 11 is 6.16. The maximum atomic E-state index is 13.5. The summed E-state index contributed by atoms with van der Waals surface area (Å²) in [6, 6.07) is 15.3. The van der Waals surface area contributed by atoms with Gasteiger partial charge in [-0.05, 0) is 54.1 Å². The number of anilines is 2. The van der Waals surface area contributed by atoms with Gasteiger partial charge in [0.2, 0.25) is 0 Å². The Morgan fingerprint density at radius 1 is 0.975 bits per heavy atom. The van der Waals surface area contributed by atoms with E-state index in [4.69, 9.17) is 16.7 Å². The number of alkyl halides is 3. The van der Waals surface area contributed by atoms with E-state index in [9.17, 15) is 27.6 Å². The molecule has 0 bridgehead atoms. The Balaban J connectivity index is 0.00000441. The van der Waals surface area contributed by atoms with E-state index in [1.165, 1.54) is 22.9 Å². The molecule has 1 aromatic heterocycles. The lowest BCUT2D eigenvalue weighted by Gasteiger charge is -2.10. The molecule has 14 heteroatoms. The zero-order chi connectivity index (χ0) is 28.2. The smallest absolute Gasteiger partial charge is 0.480 e. The first-order chi connectivity index (χ1) is 18.5. The number of carboxylic acids is 1. The lowest BCUT2D eigenvalue weighted by Crippen LogP contribution is -2.23. The van der Waals surface area contributed by atoms with Crippen LogP contribution in [0, 0.1) is 0 Å². The summed E-state index contributed by atoms with van der Waals surface area (Å²) in [7, 11) is 0. The molecule has 3 aromatic carbocycles. The number of carboxylic acid groups (broad SMARTS) is 1. The van der Waals surface area contributed by atoms with E-state index in [1.54, 1.807) is 42.5 Å². The molecule has 2 amide bonds. The van der Waals surface area contributed by atoms with Crippen LogP contribution in [0.5, 0.6) is 5.75 Å². The van der Waals surface area contributed by atoms with Crippen LogP contribution >= 0.6 is 24.0 Å². The first-order valence-electron chi connectivity index (χ1n) is 11.3. The van der Waals surface area contributed by atoms with E-state index in [1.807, 2.05) is 0 Å². The van der Waals surface area contributed by atoms with Crippen LogP contribution in [0.4, 0.5) is 29.3 Å². The number of rotatable bonds is 8. The second-order valence-corrected chi connectivity index (χ2v) is 8.62. The van der Waals surface area contributed by atoms with Crippen molar-refractivity contribution in [2.75, 3.05) is 17.2 Å². The average Bonchev–Trinajstić information content (AvgIpc) is 3.21. The Morgan fingerprint density at radius 2 is 1.68 bits per heavy atom. The van der Waals surface area contributed by atoms with Crippen molar-refractivity contribution in [2.45, 2.75) is 12.9 Å². The largest absolute Gasteiger partial charge is 0.573 e. The Labute approximate surface area is 236 Å². The highest BCUT2D eigenvalue weighted by atomic mass is 35.5. The van der Waals surface area contributed by atoms with Crippen LogP contribution in [0.15, 0.2) is 72.9 Å². The van der Waals surface area contributed by atoms with Gasteiger partial charge in [-0.1, -0.05) is 29.8 Å². The third-order valence-electron chi connectivity index (χ3n) is 5.42. The van der Waals surface area contributed by atoms with E-state index < -0.39 is 30.0 Å². The molecule has 4 aromatic rings. The fraction of sp³-hybridized carbons (Fsp3) is 0.115. The second-order valence-electron chi connectivity index (χ2n) is 8.19. The third kappa shape index (κ3) is 7.65. The molecule has 0 aliphatic rings. The van der Waals surface area contributed by atoms with Crippen molar-refractivity contribution in [3.8, 4) is 5.75 Å². The van der Waals surface area contributed by atoms with Crippen molar-refractivity contribution in [2.24, 2.45) is 0 Å². The fourth-order valence-electron chi connectivity index (χ4n) is 3.81. The number of aromatic nitrogens is 1. The molecular formula is C26H21Cl2F3N4O5. The summed E-state index contributed by atoms with van der Waals surface area (Å²) in [5.74, 6) is -1.90. The summed E-state index contributed by atoms with van der Waals surface area (Å²) in [4.78, 5) is 37.1. The van der Waals surface area contributed by atoms with Gasteiger partial charge in [-0.2, -0.15) is 0 Å². The lowest BCUT2D eigenvalue weighted by atomic mass is 10.1. The predicted molar refractivity (Wildman–Crippen MR) is 145 cm³/mol. The minimum Gasteiger partial charge on any atom is -0.480 e. The van der Waals surface area contributed by atoms with E-state index >= 15 is 0 Å². The van der Waals surface area contributed by atoms with Crippen molar-refractivity contribution in [1.29, 1.82) is 0 Å². The monoisotopic (exact) mass is 596 g/mol. The molecule has 9 nitrogen and oxygen atoms in total. The Kier molecular flexibility index (Phi) is 9.64. The minimum absolute atomic E-state index is 0. The van der Waals surface area contributed by atoms with Crippen LogP contribution in [0.3, 0.4) is 0 Å². The molecule has 0 aliphatic carbocycles. The SMILES string of the molecule is Cl.O=C(O)CNCc1ccccc1C(=O)n1cc(NC(=O)Nc2ccc(OC(F)(F)F)cc2)c2cc(Cl)ccc21. The number of carbonyl (C=O) groups excluding carboxylic acids is 2. The molecule has 0 saturated carbocycles. The van der Waals surface area contributed by atoms with Crippen molar-refractivity contribution < 1.29 is 37.4 Å². The number of hydrogen-bond donors (Lipinski definition) is 4. The minimum atomic E-state index is -4.84. The molecule has 0 saturated heterocycles. The van der Waals surface area contributed by atoms with Crippen molar-refractivity contribution in [3.63, 3.8) is 0 Å². The maximum absolute atomic E-state index is 13.5. The molecule has 0 fully saturated rings. The summed E-state index contributed by atoms with van der Waals surface area (Å²) in [5, 5.41) is 17.6. The van der Waals surface area contributed by atoms with Crippen molar-refractivity contribution >= 4 is 64.2 Å². The van der Waals surface area contributed by atoms with Gasteiger partial charge in [0, 0.05) is 34.4 Å². The Bertz CT molecular complexity index is 1540. The number of benzene rings is 3. The maximum Gasteiger partial charge on any atom is 0.573 e. The van der Waals surface area contributed by atoms with E-state index in [0.29, 0.717) is 27.1 Å². The number of fused-ring (bicyclic) bond motifs is 1. The molecule has 0 atom stereocenters. The van der Waals surface area contributed by atoms with Crippen LogP contribution < -0.4 is 20.7 Å². The van der Waals surface area contributed by atoms with Crippen LogP contribution in [0.2, 0.25) is 5.02 Å². The molecule has 0 unspecified atom stereocenters. The van der Waals surface area contributed by atoms with Gasteiger partial charge in [-0.15, -0.1) is 25.6 Å². The highest BCUT2D eigenvalue weighted by Crippen LogP contribution is 2.30. The van der Waals surface area contributed by atoms with Gasteiger partial charge >= 0.3 is 18.4 Å². The number of nitrogens with one attached hydrogen (secondary N) is 3. The summed E-state index contributed by atoms with van der Waals surface area (Å²) in [6.45, 7) is -0.145. The Hall–Kier alpha value is -4.26. The number of nitrogens with zero attached hydrogens (tertiary/aromatic N) is 1. The number of carbonyl (C=O) groups is 3. The molecule has 210 valence electrons. The number of hydrogen-bond acceptors (Lipinski definition) is 5. The highest BCUT2D eigenvalue weighted by Gasteiger charge is 2.31. The molecule has 4 N–H and O–H groups in total. The standard InChI is InChI=1S/C26H20ClF3N4O5.ClH/c27-16-5-10-22-20(11-16)21(33-25(38)32-17-6-8-18(9-7-17)39-26(28,29)30)14-34(22)24(37)19-4-2-1-3-15(19)12-31-13-23(35)36;/h1-11,14,31H,12-13H2,(H,35,36)(H2,32,33,38);1H. The number of amides is 2. The highest BCUT2D eigenvalue weighted by molar-refractivity contribution is 6.31. The van der Waals surface area contributed by atoms with Gasteiger partial charge in [0.05, 0.1) is 17.7 Å².